The molecular formula is C41H34IrN2O-2. The number of aryl methyl sites for hydroxylation is 2. The van der Waals surface area contributed by atoms with Crippen LogP contribution in [0.3, 0.4) is 0 Å². The minimum absolute atomic E-state index is 0. The van der Waals surface area contributed by atoms with Crippen molar-refractivity contribution in [1.82, 2.24) is 9.97 Å². The normalized spacial score (nSPS) is 15.1. The Morgan fingerprint density at radius 2 is 1.58 bits per heavy atom. The second-order valence-electron chi connectivity index (χ2n) is 11.8. The first-order valence-electron chi connectivity index (χ1n) is 18.4. The molecule has 0 aliphatic heterocycles. The monoisotopic (exact) mass is 771 g/mol. The molecule has 0 N–H and O–H groups in total. The third-order valence-corrected chi connectivity index (χ3v) is 7.49. The Labute approximate surface area is 288 Å². The van der Waals surface area contributed by atoms with Crippen molar-refractivity contribution in [3.63, 3.8) is 0 Å². The van der Waals surface area contributed by atoms with Crippen molar-refractivity contribution in [2.24, 2.45) is 5.41 Å². The molecule has 1 radical (unpaired) electrons. The van der Waals surface area contributed by atoms with Crippen molar-refractivity contribution in [1.29, 1.82) is 0 Å². The number of pyridine rings is 2. The quantitative estimate of drug-likeness (QED) is 0.130. The van der Waals surface area contributed by atoms with Gasteiger partial charge >= 0.3 is 0 Å². The maximum Gasteiger partial charge on any atom is 0.142 e. The van der Waals surface area contributed by atoms with Crippen molar-refractivity contribution >= 4 is 54.4 Å². The van der Waals surface area contributed by atoms with Gasteiger partial charge in [-0.05, 0) is 63.9 Å². The molecule has 0 unspecified atom stereocenters. The van der Waals surface area contributed by atoms with E-state index in [0.29, 0.717) is 16.8 Å². The van der Waals surface area contributed by atoms with Gasteiger partial charge in [0.1, 0.15) is 11.2 Å². The van der Waals surface area contributed by atoms with Crippen LogP contribution in [0.15, 0.2) is 108 Å². The molecule has 0 bridgehead atoms. The third-order valence-electron chi connectivity index (χ3n) is 7.49. The second-order valence-corrected chi connectivity index (χ2v) is 11.8. The minimum Gasteiger partial charge on any atom is -0.455 e. The molecule has 45 heavy (non-hydrogen) atoms. The molecule has 0 aliphatic carbocycles. The van der Waals surface area contributed by atoms with Crippen LogP contribution in [0, 0.1) is 31.3 Å². The molecule has 0 aliphatic rings. The van der Waals surface area contributed by atoms with Gasteiger partial charge < -0.3 is 14.4 Å². The van der Waals surface area contributed by atoms with Gasteiger partial charge in [-0.15, -0.1) is 65.0 Å². The van der Waals surface area contributed by atoms with E-state index >= 15 is 0 Å². The number of nitrogens with zero attached hydrogens (tertiary/aromatic N) is 2. The fourth-order valence-corrected chi connectivity index (χ4v) is 5.67. The summed E-state index contributed by atoms with van der Waals surface area (Å²) in [5.74, 6) is 0. The summed E-state index contributed by atoms with van der Waals surface area (Å²) in [6.07, 6.45) is 1.43. The van der Waals surface area contributed by atoms with Gasteiger partial charge in [0.25, 0.3) is 0 Å². The number of furan rings is 1. The van der Waals surface area contributed by atoms with Crippen molar-refractivity contribution in [2.75, 3.05) is 0 Å². The standard InChI is InChI=1S/C28H22NO.C13H12N.Ir/c1-28(2,3)16-17-14-15-29-26-21-10-5-4-8-18(21)20-12-13-22-19-9-6-7-11-23(19)30-27(22)25(20)24(17)26;1-10-3-6-12(7-4-10)13-8-5-11(2)9-14-13;/h4-9,11-15H,16H2,1-3H3;3-6,8-9H,1-2H3;/q2*-1;/i16D2;1D3,2D3;. The summed E-state index contributed by atoms with van der Waals surface area (Å²) in [4.78, 5) is 8.81. The molecule has 5 aromatic carbocycles. The molecule has 3 nitrogen and oxygen atoms in total. The zero-order chi connectivity index (χ0) is 37.2. The van der Waals surface area contributed by atoms with Crippen molar-refractivity contribution in [3.05, 3.63) is 132 Å². The van der Waals surface area contributed by atoms with Crippen LogP contribution in [0.25, 0.3) is 65.6 Å². The maximum absolute atomic E-state index is 9.10. The predicted molar refractivity (Wildman–Crippen MR) is 184 cm³/mol. The molecule has 8 rings (SSSR count). The predicted octanol–water partition coefficient (Wildman–Crippen LogP) is 11.0. The van der Waals surface area contributed by atoms with Gasteiger partial charge in [-0.1, -0.05) is 75.5 Å². The molecule has 0 spiro atoms. The third kappa shape index (κ3) is 5.89. The fourth-order valence-electron chi connectivity index (χ4n) is 5.67. The molecule has 8 aromatic rings. The van der Waals surface area contributed by atoms with E-state index in [1.54, 1.807) is 18.3 Å². The topological polar surface area (TPSA) is 38.9 Å². The Morgan fingerprint density at radius 3 is 2.33 bits per heavy atom. The number of hydrogen-bond donors (Lipinski definition) is 0. The summed E-state index contributed by atoms with van der Waals surface area (Å²) >= 11 is 0. The van der Waals surface area contributed by atoms with E-state index in [2.05, 4.69) is 41.4 Å². The second kappa shape index (κ2) is 12.2. The van der Waals surface area contributed by atoms with Gasteiger partial charge in [0.05, 0.1) is 0 Å². The van der Waals surface area contributed by atoms with Crippen LogP contribution in [-0.2, 0) is 26.5 Å². The number of para-hydroxylation sites is 1. The number of benzene rings is 5. The molecule has 4 heteroatoms. The number of fused-ring (bicyclic) bond motifs is 10. The SMILES string of the molecule is [2H]C([2H])([2H])c1c[c-]c(-c2ccc(C([2H])([2H])[2H])cn2)cc1.[2H]C([2H])(c1ccnc2c3[c-]cccc3c3ccc4c5ccccc5oc4c3c12)C(C)(C)C.[Ir]. The van der Waals surface area contributed by atoms with Crippen molar-refractivity contribution < 1.29 is 35.5 Å². The summed E-state index contributed by atoms with van der Waals surface area (Å²) in [6.45, 7) is 1.47. The van der Waals surface area contributed by atoms with Gasteiger partial charge in [0.2, 0.25) is 0 Å². The van der Waals surface area contributed by atoms with E-state index in [9.17, 15) is 0 Å². The average molecular weight is 771 g/mol. The summed E-state index contributed by atoms with van der Waals surface area (Å²) in [6, 6.07) is 33.8. The zero-order valence-corrected chi connectivity index (χ0v) is 27.3. The Bertz CT molecular complexity index is 2550. The van der Waals surface area contributed by atoms with E-state index in [1.165, 1.54) is 24.4 Å². The van der Waals surface area contributed by atoms with Crippen LogP contribution in [0.4, 0.5) is 0 Å². The molecule has 0 amide bonds. The first kappa shape index (κ1) is 22.2. The Balaban J connectivity index is 0.000000199. The first-order chi connectivity index (χ1) is 24.5. The van der Waals surface area contributed by atoms with Crippen LogP contribution < -0.4 is 0 Å². The Kier molecular flexibility index (Phi) is 6.01. The van der Waals surface area contributed by atoms with Crippen LogP contribution >= 0.6 is 0 Å². The van der Waals surface area contributed by atoms with E-state index in [-0.39, 0.29) is 31.2 Å². The molecule has 0 saturated heterocycles. The molecule has 225 valence electrons. The van der Waals surface area contributed by atoms with Crippen LogP contribution in [0.1, 0.15) is 48.4 Å². The van der Waals surface area contributed by atoms with Gasteiger partial charge in [0.15, 0.2) is 0 Å². The average Bonchev–Trinajstić information content (AvgIpc) is 3.49. The van der Waals surface area contributed by atoms with Crippen molar-refractivity contribution in [3.8, 4) is 11.3 Å². The Hall–Kier alpha value is -4.37. The van der Waals surface area contributed by atoms with E-state index in [4.69, 9.17) is 20.4 Å². The zero-order valence-electron chi connectivity index (χ0n) is 33.0. The molecule has 0 fully saturated rings. The largest absolute Gasteiger partial charge is 0.455 e. The fraction of sp³-hybridized carbons (Fsp3) is 0.171. The van der Waals surface area contributed by atoms with Gasteiger partial charge in [0, 0.05) is 59.6 Å². The molecule has 0 atom stereocenters. The van der Waals surface area contributed by atoms with Gasteiger partial charge in [-0.3, -0.25) is 0 Å². The molecule has 3 aromatic heterocycles. The van der Waals surface area contributed by atoms with Crippen LogP contribution in [-0.4, -0.2) is 9.97 Å². The van der Waals surface area contributed by atoms with Gasteiger partial charge in [-0.25, -0.2) is 0 Å². The van der Waals surface area contributed by atoms with Crippen LogP contribution in [0.5, 0.6) is 0 Å². The maximum atomic E-state index is 9.10. The van der Waals surface area contributed by atoms with Gasteiger partial charge in [-0.2, -0.15) is 0 Å². The molecule has 3 heterocycles. The minimum atomic E-state index is -2.18. The van der Waals surface area contributed by atoms with E-state index in [1.807, 2.05) is 57.2 Å². The van der Waals surface area contributed by atoms with E-state index in [0.717, 1.165) is 54.4 Å². The van der Waals surface area contributed by atoms with E-state index < -0.39 is 25.5 Å². The number of rotatable bonds is 2. The summed E-state index contributed by atoms with van der Waals surface area (Å²) < 4.78 is 68.3. The molecule has 0 saturated carbocycles. The summed E-state index contributed by atoms with van der Waals surface area (Å²) in [7, 11) is 0. The summed E-state index contributed by atoms with van der Waals surface area (Å²) in [5, 5.41) is 6.77. The molecular weight excluding hydrogens is 729 g/mol. The van der Waals surface area contributed by atoms with Crippen molar-refractivity contribution in [2.45, 2.75) is 40.8 Å². The Morgan fingerprint density at radius 1 is 0.778 bits per heavy atom. The first-order valence-corrected chi connectivity index (χ1v) is 14.4. The number of aromatic nitrogens is 2. The number of hydrogen-bond acceptors (Lipinski definition) is 3. The van der Waals surface area contributed by atoms with Crippen LogP contribution in [0.2, 0.25) is 0 Å². The summed E-state index contributed by atoms with van der Waals surface area (Å²) in [5.41, 5.74) is 3.93. The smallest absolute Gasteiger partial charge is 0.142 e.